The standard InChI is InChI=1S/C15H25N5O/c1-10(2)13-17-14(19-18-13)15(21)20-8-4-5-11(9-20)12-6-3-7-16-12/h10-12,16H,3-9H2,1-2H3,(H,17,18,19). The van der Waals surface area contributed by atoms with Gasteiger partial charge >= 0.3 is 0 Å². The van der Waals surface area contributed by atoms with Crippen molar-refractivity contribution < 1.29 is 4.79 Å². The molecule has 6 nitrogen and oxygen atoms in total. The molecule has 1 aromatic heterocycles. The molecular weight excluding hydrogens is 266 g/mol. The number of carbonyl (C=O) groups excluding carboxylic acids is 1. The summed E-state index contributed by atoms with van der Waals surface area (Å²) in [5.41, 5.74) is 0. The summed E-state index contributed by atoms with van der Waals surface area (Å²) >= 11 is 0. The predicted molar refractivity (Wildman–Crippen MR) is 80.1 cm³/mol. The number of hydrogen-bond donors (Lipinski definition) is 2. The third kappa shape index (κ3) is 3.10. The molecule has 3 rings (SSSR count). The molecule has 2 N–H and O–H groups in total. The molecule has 0 aromatic carbocycles. The van der Waals surface area contributed by atoms with E-state index in [4.69, 9.17) is 0 Å². The summed E-state index contributed by atoms with van der Waals surface area (Å²) in [5, 5.41) is 10.5. The van der Waals surface area contributed by atoms with Crippen molar-refractivity contribution in [1.29, 1.82) is 0 Å². The second-order valence-electron chi connectivity index (χ2n) is 6.56. The number of likely N-dealkylation sites (tertiary alicyclic amines) is 1. The monoisotopic (exact) mass is 291 g/mol. The second-order valence-corrected chi connectivity index (χ2v) is 6.56. The van der Waals surface area contributed by atoms with Crippen LogP contribution in [0.15, 0.2) is 0 Å². The van der Waals surface area contributed by atoms with Gasteiger partial charge in [0.05, 0.1) is 0 Å². The van der Waals surface area contributed by atoms with Gasteiger partial charge in [-0.15, -0.1) is 5.10 Å². The smallest absolute Gasteiger partial charge is 0.293 e. The van der Waals surface area contributed by atoms with Crippen molar-refractivity contribution in [1.82, 2.24) is 25.4 Å². The highest BCUT2D eigenvalue weighted by Gasteiger charge is 2.32. The fraction of sp³-hybridized carbons (Fsp3) is 0.800. The van der Waals surface area contributed by atoms with Crippen LogP contribution >= 0.6 is 0 Å². The SMILES string of the molecule is CC(C)c1nc(C(=O)N2CCCC(C3CCCN3)C2)n[nH]1. The van der Waals surface area contributed by atoms with Crippen LogP contribution in [-0.4, -0.2) is 51.7 Å². The Morgan fingerprint density at radius 2 is 2.19 bits per heavy atom. The van der Waals surface area contributed by atoms with Gasteiger partial charge in [0.1, 0.15) is 5.82 Å². The first-order valence-electron chi connectivity index (χ1n) is 8.10. The van der Waals surface area contributed by atoms with E-state index in [0.29, 0.717) is 17.8 Å². The van der Waals surface area contributed by atoms with Gasteiger partial charge in [-0.1, -0.05) is 13.8 Å². The van der Waals surface area contributed by atoms with Crippen molar-refractivity contribution in [3.63, 3.8) is 0 Å². The molecule has 21 heavy (non-hydrogen) atoms. The first-order chi connectivity index (χ1) is 10.1. The van der Waals surface area contributed by atoms with Crippen LogP contribution in [-0.2, 0) is 0 Å². The van der Waals surface area contributed by atoms with Gasteiger partial charge in [0.15, 0.2) is 0 Å². The second kappa shape index (κ2) is 6.13. The Kier molecular flexibility index (Phi) is 4.24. The minimum absolute atomic E-state index is 0.0270. The van der Waals surface area contributed by atoms with E-state index in [9.17, 15) is 4.79 Å². The zero-order chi connectivity index (χ0) is 14.8. The van der Waals surface area contributed by atoms with E-state index >= 15 is 0 Å². The lowest BCUT2D eigenvalue weighted by Crippen LogP contribution is -2.46. The number of nitrogens with zero attached hydrogens (tertiary/aromatic N) is 3. The lowest BCUT2D eigenvalue weighted by molar-refractivity contribution is 0.0639. The van der Waals surface area contributed by atoms with Crippen molar-refractivity contribution >= 4 is 5.91 Å². The first kappa shape index (κ1) is 14.5. The minimum Gasteiger partial charge on any atom is -0.336 e. The Balaban J connectivity index is 1.65. The normalized spacial score (nSPS) is 26.5. The average molecular weight is 291 g/mol. The maximum Gasteiger partial charge on any atom is 0.293 e. The highest BCUT2D eigenvalue weighted by atomic mass is 16.2. The molecule has 116 valence electrons. The number of carbonyl (C=O) groups is 1. The summed E-state index contributed by atoms with van der Waals surface area (Å²) in [5.74, 6) is 1.91. The van der Waals surface area contributed by atoms with Crippen molar-refractivity contribution in [2.45, 2.75) is 51.5 Å². The minimum atomic E-state index is -0.0270. The zero-order valence-electron chi connectivity index (χ0n) is 12.9. The third-order valence-corrected chi connectivity index (χ3v) is 4.65. The van der Waals surface area contributed by atoms with E-state index in [1.807, 2.05) is 18.7 Å². The summed E-state index contributed by atoms with van der Waals surface area (Å²) < 4.78 is 0. The van der Waals surface area contributed by atoms with Gasteiger partial charge in [-0.25, -0.2) is 4.98 Å². The van der Waals surface area contributed by atoms with Crippen molar-refractivity contribution in [2.24, 2.45) is 5.92 Å². The van der Waals surface area contributed by atoms with Crippen LogP contribution in [0.3, 0.4) is 0 Å². The number of aromatic nitrogens is 3. The molecule has 3 heterocycles. The van der Waals surface area contributed by atoms with Crippen LogP contribution in [0.1, 0.15) is 61.9 Å². The summed E-state index contributed by atoms with van der Waals surface area (Å²) in [6.07, 6.45) is 4.79. The molecule has 0 spiro atoms. The van der Waals surface area contributed by atoms with E-state index in [1.54, 1.807) is 0 Å². The fourth-order valence-electron chi connectivity index (χ4n) is 3.41. The van der Waals surface area contributed by atoms with Crippen molar-refractivity contribution in [3.05, 3.63) is 11.6 Å². The number of nitrogens with one attached hydrogen (secondary N) is 2. The van der Waals surface area contributed by atoms with Crippen molar-refractivity contribution in [2.75, 3.05) is 19.6 Å². The Morgan fingerprint density at radius 1 is 1.33 bits per heavy atom. The molecule has 1 amide bonds. The Morgan fingerprint density at radius 3 is 2.86 bits per heavy atom. The Bertz CT molecular complexity index is 492. The largest absolute Gasteiger partial charge is 0.336 e. The molecule has 2 aliphatic rings. The average Bonchev–Trinajstić information content (AvgIpc) is 3.18. The van der Waals surface area contributed by atoms with E-state index < -0.39 is 0 Å². The van der Waals surface area contributed by atoms with Gasteiger partial charge in [0.25, 0.3) is 5.91 Å². The molecule has 0 saturated carbocycles. The van der Waals surface area contributed by atoms with E-state index in [-0.39, 0.29) is 11.8 Å². The number of amides is 1. The first-order valence-corrected chi connectivity index (χ1v) is 8.10. The van der Waals surface area contributed by atoms with E-state index in [1.165, 1.54) is 19.3 Å². The molecule has 0 radical (unpaired) electrons. The molecule has 2 aliphatic heterocycles. The highest BCUT2D eigenvalue weighted by Crippen LogP contribution is 2.25. The van der Waals surface area contributed by atoms with Crippen LogP contribution in [0, 0.1) is 5.92 Å². The Hall–Kier alpha value is -1.43. The number of H-pyrrole nitrogens is 1. The van der Waals surface area contributed by atoms with Crippen LogP contribution < -0.4 is 5.32 Å². The van der Waals surface area contributed by atoms with Gasteiger partial charge in [-0.2, -0.15) is 0 Å². The van der Waals surface area contributed by atoms with Gasteiger partial charge in [0.2, 0.25) is 5.82 Å². The van der Waals surface area contributed by atoms with Crippen LogP contribution in [0.25, 0.3) is 0 Å². The lowest BCUT2D eigenvalue weighted by atomic mass is 9.90. The van der Waals surface area contributed by atoms with E-state index in [2.05, 4.69) is 20.5 Å². The predicted octanol–water partition coefficient (Wildman–Crippen LogP) is 1.53. The quantitative estimate of drug-likeness (QED) is 0.886. The Labute approximate surface area is 125 Å². The van der Waals surface area contributed by atoms with Gasteiger partial charge in [-0.05, 0) is 38.1 Å². The molecule has 1 aromatic rings. The molecular formula is C15H25N5O. The molecule has 0 bridgehead atoms. The lowest BCUT2D eigenvalue weighted by Gasteiger charge is -2.35. The summed E-state index contributed by atoms with van der Waals surface area (Å²) in [6, 6.07) is 0.582. The summed E-state index contributed by atoms with van der Waals surface area (Å²) in [6.45, 7) is 6.86. The van der Waals surface area contributed by atoms with E-state index in [0.717, 1.165) is 31.9 Å². The number of rotatable bonds is 3. The van der Waals surface area contributed by atoms with Crippen LogP contribution in [0.4, 0.5) is 0 Å². The van der Waals surface area contributed by atoms with Gasteiger partial charge < -0.3 is 10.2 Å². The molecule has 0 aliphatic carbocycles. The molecule has 6 heteroatoms. The number of piperidine rings is 1. The fourth-order valence-corrected chi connectivity index (χ4v) is 3.41. The van der Waals surface area contributed by atoms with Gasteiger partial charge in [0, 0.05) is 25.0 Å². The summed E-state index contributed by atoms with van der Waals surface area (Å²) in [7, 11) is 0. The summed E-state index contributed by atoms with van der Waals surface area (Å²) in [4.78, 5) is 18.8. The molecule has 2 atom stereocenters. The maximum atomic E-state index is 12.6. The van der Waals surface area contributed by atoms with Crippen LogP contribution in [0.5, 0.6) is 0 Å². The number of hydrogen-bond acceptors (Lipinski definition) is 4. The topological polar surface area (TPSA) is 73.9 Å². The highest BCUT2D eigenvalue weighted by molar-refractivity contribution is 5.90. The molecule has 2 fully saturated rings. The number of aromatic amines is 1. The third-order valence-electron chi connectivity index (χ3n) is 4.65. The maximum absolute atomic E-state index is 12.6. The van der Waals surface area contributed by atoms with Gasteiger partial charge in [-0.3, -0.25) is 9.89 Å². The molecule has 2 unspecified atom stereocenters. The zero-order valence-corrected chi connectivity index (χ0v) is 12.9. The molecule has 2 saturated heterocycles. The van der Waals surface area contributed by atoms with Crippen molar-refractivity contribution in [3.8, 4) is 0 Å². The van der Waals surface area contributed by atoms with Crippen LogP contribution in [0.2, 0.25) is 0 Å².